The molecule has 1 aromatic rings. The molecule has 4 nitrogen and oxygen atoms in total. The molecule has 0 atom stereocenters. The van der Waals surface area contributed by atoms with Crippen molar-refractivity contribution in [2.75, 3.05) is 5.32 Å². The minimum absolute atomic E-state index is 0.0806. The van der Waals surface area contributed by atoms with Crippen LogP contribution in [0.1, 0.15) is 26.3 Å². The second kappa shape index (κ2) is 6.59. The standard InChI is InChI=1S/C14H18N2O2/c1-4-6-14(16(17)18)11(3)15-13-9-7-12(5-2)8-10-13/h4,6-10,15H,5H2,1-3H3/b6-4-,14-11-. The largest absolute Gasteiger partial charge is 0.354 e. The van der Waals surface area contributed by atoms with Crippen LogP contribution in [-0.2, 0) is 6.42 Å². The van der Waals surface area contributed by atoms with Gasteiger partial charge in [0, 0.05) is 11.8 Å². The molecule has 0 radical (unpaired) electrons. The molecular weight excluding hydrogens is 228 g/mol. The molecular formula is C14H18N2O2. The monoisotopic (exact) mass is 246 g/mol. The van der Waals surface area contributed by atoms with Gasteiger partial charge in [-0.3, -0.25) is 10.1 Å². The van der Waals surface area contributed by atoms with E-state index < -0.39 is 0 Å². The molecule has 0 aromatic heterocycles. The van der Waals surface area contributed by atoms with E-state index in [1.165, 1.54) is 11.6 Å². The van der Waals surface area contributed by atoms with Gasteiger partial charge in [0.05, 0.1) is 10.6 Å². The summed E-state index contributed by atoms with van der Waals surface area (Å²) in [7, 11) is 0. The Morgan fingerprint density at radius 2 is 2.00 bits per heavy atom. The molecule has 0 saturated heterocycles. The highest BCUT2D eigenvalue weighted by Gasteiger charge is 2.11. The third-order valence-corrected chi connectivity index (χ3v) is 2.60. The van der Waals surface area contributed by atoms with Crippen LogP contribution in [0.5, 0.6) is 0 Å². The Labute approximate surface area is 107 Å². The summed E-state index contributed by atoms with van der Waals surface area (Å²) in [6.45, 7) is 5.54. The van der Waals surface area contributed by atoms with Gasteiger partial charge in [-0.25, -0.2) is 0 Å². The zero-order chi connectivity index (χ0) is 13.5. The minimum Gasteiger partial charge on any atom is -0.354 e. The third kappa shape index (κ3) is 3.73. The normalized spacial score (nSPS) is 12.4. The van der Waals surface area contributed by atoms with Gasteiger partial charge in [0.1, 0.15) is 0 Å². The molecule has 0 heterocycles. The molecule has 0 fully saturated rings. The van der Waals surface area contributed by atoms with Crippen LogP contribution in [0.4, 0.5) is 5.69 Å². The molecule has 0 amide bonds. The number of allylic oxidation sites excluding steroid dienone is 3. The zero-order valence-electron chi connectivity index (χ0n) is 10.9. The highest BCUT2D eigenvalue weighted by atomic mass is 16.6. The highest BCUT2D eigenvalue weighted by Crippen LogP contribution is 2.15. The first-order chi connectivity index (χ1) is 8.58. The van der Waals surface area contributed by atoms with Gasteiger partial charge >= 0.3 is 0 Å². The number of nitrogens with zero attached hydrogens (tertiary/aromatic N) is 1. The lowest BCUT2D eigenvalue weighted by atomic mass is 10.1. The van der Waals surface area contributed by atoms with E-state index in [0.717, 1.165) is 12.1 Å². The summed E-state index contributed by atoms with van der Waals surface area (Å²) in [6.07, 6.45) is 4.13. The molecule has 1 N–H and O–H groups in total. The van der Waals surface area contributed by atoms with Crippen LogP contribution >= 0.6 is 0 Å². The quantitative estimate of drug-likeness (QED) is 0.489. The van der Waals surface area contributed by atoms with Crippen LogP contribution in [0.2, 0.25) is 0 Å². The van der Waals surface area contributed by atoms with Gasteiger partial charge in [-0.15, -0.1) is 0 Å². The summed E-state index contributed by atoms with van der Waals surface area (Å²) in [4.78, 5) is 10.5. The van der Waals surface area contributed by atoms with Crippen molar-refractivity contribution < 1.29 is 4.92 Å². The van der Waals surface area contributed by atoms with Gasteiger partial charge in [-0.1, -0.05) is 25.1 Å². The lowest BCUT2D eigenvalue weighted by molar-refractivity contribution is -0.420. The Balaban J connectivity index is 2.93. The Kier molecular flexibility index (Phi) is 5.11. The Bertz CT molecular complexity index is 473. The van der Waals surface area contributed by atoms with Crippen LogP contribution in [0.15, 0.2) is 47.8 Å². The number of hydrogen-bond donors (Lipinski definition) is 1. The van der Waals surface area contributed by atoms with Gasteiger partial charge in [-0.05, 0) is 38.0 Å². The Morgan fingerprint density at radius 3 is 2.44 bits per heavy atom. The van der Waals surface area contributed by atoms with Crippen molar-refractivity contribution in [1.29, 1.82) is 0 Å². The Hall–Kier alpha value is -2.10. The topological polar surface area (TPSA) is 55.2 Å². The molecule has 1 aromatic carbocycles. The molecule has 96 valence electrons. The molecule has 1 rings (SSSR count). The summed E-state index contributed by atoms with van der Waals surface area (Å²) in [5.41, 5.74) is 2.71. The van der Waals surface area contributed by atoms with E-state index in [-0.39, 0.29) is 10.6 Å². The number of aryl methyl sites for hydroxylation is 1. The van der Waals surface area contributed by atoms with Gasteiger partial charge in [0.25, 0.3) is 5.70 Å². The second-order valence-corrected chi connectivity index (χ2v) is 3.94. The van der Waals surface area contributed by atoms with Crippen LogP contribution < -0.4 is 5.32 Å². The molecule has 0 saturated carbocycles. The maximum Gasteiger partial charge on any atom is 0.287 e. The maximum absolute atomic E-state index is 10.9. The average molecular weight is 246 g/mol. The van der Waals surface area contributed by atoms with E-state index in [0.29, 0.717) is 5.70 Å². The van der Waals surface area contributed by atoms with Crippen molar-refractivity contribution in [3.63, 3.8) is 0 Å². The fourth-order valence-corrected chi connectivity index (χ4v) is 1.58. The summed E-state index contributed by atoms with van der Waals surface area (Å²) < 4.78 is 0. The van der Waals surface area contributed by atoms with E-state index in [2.05, 4.69) is 12.2 Å². The maximum atomic E-state index is 10.9. The van der Waals surface area contributed by atoms with Crippen molar-refractivity contribution in [2.45, 2.75) is 27.2 Å². The SMILES string of the molecule is C/C=C\C(=C(/C)Nc1ccc(CC)cc1)[N+](=O)[O-]. The summed E-state index contributed by atoms with van der Waals surface area (Å²) in [5.74, 6) is 0. The minimum atomic E-state index is -0.386. The van der Waals surface area contributed by atoms with E-state index >= 15 is 0 Å². The van der Waals surface area contributed by atoms with Crippen molar-refractivity contribution in [3.05, 3.63) is 63.5 Å². The van der Waals surface area contributed by atoms with E-state index in [1.807, 2.05) is 24.3 Å². The summed E-state index contributed by atoms with van der Waals surface area (Å²) in [5, 5.41) is 13.9. The first-order valence-electron chi connectivity index (χ1n) is 5.92. The van der Waals surface area contributed by atoms with E-state index in [1.54, 1.807) is 19.9 Å². The van der Waals surface area contributed by atoms with Crippen LogP contribution in [0.25, 0.3) is 0 Å². The first-order valence-corrected chi connectivity index (χ1v) is 5.92. The van der Waals surface area contributed by atoms with E-state index in [4.69, 9.17) is 0 Å². The highest BCUT2D eigenvalue weighted by molar-refractivity contribution is 5.50. The number of benzene rings is 1. The van der Waals surface area contributed by atoms with Gasteiger partial charge in [0.15, 0.2) is 0 Å². The van der Waals surface area contributed by atoms with Gasteiger partial charge < -0.3 is 5.32 Å². The fourth-order valence-electron chi connectivity index (χ4n) is 1.58. The Morgan fingerprint density at radius 1 is 1.39 bits per heavy atom. The number of rotatable bonds is 5. The molecule has 0 unspecified atom stereocenters. The van der Waals surface area contributed by atoms with Crippen LogP contribution in [-0.4, -0.2) is 4.92 Å². The zero-order valence-corrected chi connectivity index (χ0v) is 10.9. The average Bonchev–Trinajstić information content (AvgIpc) is 2.36. The van der Waals surface area contributed by atoms with Crippen molar-refractivity contribution in [2.24, 2.45) is 0 Å². The molecule has 0 aliphatic carbocycles. The summed E-state index contributed by atoms with van der Waals surface area (Å²) >= 11 is 0. The molecule has 0 aliphatic rings. The number of hydrogen-bond acceptors (Lipinski definition) is 3. The lowest BCUT2D eigenvalue weighted by Gasteiger charge is -2.07. The van der Waals surface area contributed by atoms with Crippen molar-refractivity contribution in [1.82, 2.24) is 0 Å². The number of nitrogens with one attached hydrogen (secondary N) is 1. The fraction of sp³-hybridized carbons (Fsp3) is 0.286. The molecule has 4 heteroatoms. The number of anilines is 1. The summed E-state index contributed by atoms with van der Waals surface area (Å²) in [6, 6.07) is 7.87. The predicted molar refractivity (Wildman–Crippen MR) is 74.0 cm³/mol. The second-order valence-electron chi connectivity index (χ2n) is 3.94. The third-order valence-electron chi connectivity index (χ3n) is 2.60. The van der Waals surface area contributed by atoms with Gasteiger partial charge in [-0.2, -0.15) is 0 Å². The molecule has 0 spiro atoms. The predicted octanol–water partition coefficient (Wildman–Crippen LogP) is 3.75. The van der Waals surface area contributed by atoms with Crippen LogP contribution in [0, 0.1) is 10.1 Å². The van der Waals surface area contributed by atoms with Crippen molar-refractivity contribution in [3.8, 4) is 0 Å². The first kappa shape index (κ1) is 14.0. The molecule has 0 bridgehead atoms. The lowest BCUT2D eigenvalue weighted by Crippen LogP contribution is -2.06. The van der Waals surface area contributed by atoms with E-state index in [9.17, 15) is 10.1 Å². The van der Waals surface area contributed by atoms with Crippen LogP contribution in [0.3, 0.4) is 0 Å². The molecule has 0 aliphatic heterocycles. The molecule has 18 heavy (non-hydrogen) atoms. The van der Waals surface area contributed by atoms with Gasteiger partial charge in [0.2, 0.25) is 0 Å². The van der Waals surface area contributed by atoms with Crippen molar-refractivity contribution >= 4 is 5.69 Å². The number of nitro groups is 1. The smallest absolute Gasteiger partial charge is 0.287 e.